The van der Waals surface area contributed by atoms with Crippen molar-refractivity contribution in [2.75, 3.05) is 20.3 Å². The maximum atomic E-state index is 12.4. The highest BCUT2D eigenvalue weighted by Crippen LogP contribution is 2.37. The Kier molecular flexibility index (Phi) is 6.78. The Bertz CT molecular complexity index is 625. The van der Waals surface area contributed by atoms with Crippen LogP contribution in [-0.2, 0) is 0 Å². The van der Waals surface area contributed by atoms with Crippen molar-refractivity contribution in [3.63, 3.8) is 0 Å². The van der Waals surface area contributed by atoms with Crippen LogP contribution in [0.25, 0.3) is 0 Å². The number of amides is 1. The molecular formula is C16H27N3O4. The topological polar surface area (TPSA) is 107 Å². The Labute approximate surface area is 136 Å². The van der Waals surface area contributed by atoms with Gasteiger partial charge < -0.3 is 25.5 Å². The van der Waals surface area contributed by atoms with Gasteiger partial charge in [0.1, 0.15) is 0 Å². The number of aliphatic hydroxyl groups is 1. The number of carbonyl (C=O) groups is 1. The Morgan fingerprint density at radius 1 is 1.48 bits per heavy atom. The fraction of sp³-hybridized carbons (Fsp3) is 0.625. The van der Waals surface area contributed by atoms with Crippen molar-refractivity contribution in [2.24, 2.45) is 5.73 Å². The van der Waals surface area contributed by atoms with Gasteiger partial charge in [-0.05, 0) is 20.3 Å². The molecule has 0 fully saturated rings. The molecule has 0 aromatic carbocycles. The van der Waals surface area contributed by atoms with E-state index in [1.54, 1.807) is 18.4 Å². The number of hydrogen-bond acceptors (Lipinski definition) is 5. The van der Waals surface area contributed by atoms with E-state index in [0.29, 0.717) is 24.2 Å². The summed E-state index contributed by atoms with van der Waals surface area (Å²) in [6.07, 6.45) is 0.482. The number of pyridine rings is 1. The number of carbonyl (C=O) groups excluding carboxylic acids is 1. The molecule has 1 aromatic heterocycles. The summed E-state index contributed by atoms with van der Waals surface area (Å²) in [6.45, 7) is 7.72. The van der Waals surface area contributed by atoms with Crippen LogP contribution in [0.1, 0.15) is 61.0 Å². The predicted molar refractivity (Wildman–Crippen MR) is 89.0 cm³/mol. The first-order valence-electron chi connectivity index (χ1n) is 7.95. The van der Waals surface area contributed by atoms with E-state index in [4.69, 9.17) is 10.5 Å². The standard InChI is InChI=1S/C14H21N3O4.C2H6/c1-4-16-14(20)11-13(21-3)12(19)7(2)10-9(15)5-8(6-18)17(10)11;1-2/h8-9,18H,4-6,15H2,1-3H3,(H,16,20);1-2H3. The quantitative estimate of drug-likeness (QED) is 0.762. The van der Waals surface area contributed by atoms with Crippen LogP contribution in [0.15, 0.2) is 4.79 Å². The first-order valence-corrected chi connectivity index (χ1v) is 7.95. The number of methoxy groups -OCH3 is 1. The molecule has 1 aliphatic heterocycles. The van der Waals surface area contributed by atoms with Gasteiger partial charge in [-0.15, -0.1) is 0 Å². The molecule has 4 N–H and O–H groups in total. The number of aliphatic hydroxyl groups excluding tert-OH is 1. The third kappa shape index (κ3) is 3.25. The summed E-state index contributed by atoms with van der Waals surface area (Å²) in [5.74, 6) is -0.407. The maximum Gasteiger partial charge on any atom is 0.271 e. The number of rotatable bonds is 4. The predicted octanol–water partition coefficient (Wildman–Crippen LogP) is 0.878. The van der Waals surface area contributed by atoms with Gasteiger partial charge in [0.25, 0.3) is 5.91 Å². The van der Waals surface area contributed by atoms with Crippen LogP contribution in [0.5, 0.6) is 5.75 Å². The van der Waals surface area contributed by atoms with E-state index in [0.717, 1.165) is 0 Å². The fourth-order valence-corrected chi connectivity index (χ4v) is 2.95. The first kappa shape index (κ1) is 19.2. The zero-order valence-electron chi connectivity index (χ0n) is 14.5. The number of nitrogens with zero attached hydrogens (tertiary/aromatic N) is 1. The highest BCUT2D eigenvalue weighted by atomic mass is 16.5. The van der Waals surface area contributed by atoms with E-state index in [1.165, 1.54) is 7.11 Å². The molecular weight excluding hydrogens is 298 g/mol. The van der Waals surface area contributed by atoms with Crippen molar-refractivity contribution < 1.29 is 14.6 Å². The average Bonchev–Trinajstić information content (AvgIpc) is 2.89. The Hall–Kier alpha value is -1.86. The molecule has 7 heteroatoms. The number of fused-ring (bicyclic) bond motifs is 1. The van der Waals surface area contributed by atoms with Gasteiger partial charge in [-0.2, -0.15) is 0 Å². The van der Waals surface area contributed by atoms with Gasteiger partial charge in [-0.3, -0.25) is 9.59 Å². The van der Waals surface area contributed by atoms with Crippen LogP contribution in [-0.4, -0.2) is 35.8 Å². The summed E-state index contributed by atoms with van der Waals surface area (Å²) < 4.78 is 6.82. The number of nitrogens with one attached hydrogen (secondary N) is 1. The molecule has 1 aromatic rings. The van der Waals surface area contributed by atoms with Crippen LogP contribution >= 0.6 is 0 Å². The minimum Gasteiger partial charge on any atom is -0.491 e. The summed E-state index contributed by atoms with van der Waals surface area (Å²) in [5.41, 5.74) is 6.93. The summed E-state index contributed by atoms with van der Waals surface area (Å²) >= 11 is 0. The van der Waals surface area contributed by atoms with Gasteiger partial charge >= 0.3 is 0 Å². The first-order chi connectivity index (χ1) is 11.0. The molecule has 1 amide bonds. The molecule has 2 heterocycles. The van der Waals surface area contributed by atoms with Crippen LogP contribution in [0.4, 0.5) is 0 Å². The lowest BCUT2D eigenvalue weighted by molar-refractivity contribution is 0.0937. The molecule has 0 spiro atoms. The Morgan fingerprint density at radius 2 is 2.09 bits per heavy atom. The number of ether oxygens (including phenoxy) is 1. The molecule has 1 aliphatic rings. The summed E-state index contributed by atoms with van der Waals surface area (Å²) in [4.78, 5) is 24.7. The molecule has 2 atom stereocenters. The molecule has 2 rings (SSSR count). The van der Waals surface area contributed by atoms with Crippen LogP contribution < -0.4 is 21.2 Å². The van der Waals surface area contributed by atoms with Crippen LogP contribution in [0, 0.1) is 6.92 Å². The van der Waals surface area contributed by atoms with E-state index in [9.17, 15) is 14.7 Å². The average molecular weight is 325 g/mol. The SMILES string of the molecule is CC.CCNC(=O)c1c(OC)c(=O)c(C)c2n1C(CO)CC2N. The lowest BCUT2D eigenvalue weighted by Gasteiger charge is -2.21. The van der Waals surface area contributed by atoms with Crippen molar-refractivity contribution >= 4 is 5.91 Å². The molecule has 0 radical (unpaired) electrons. The van der Waals surface area contributed by atoms with E-state index < -0.39 is 5.91 Å². The normalized spacial score (nSPS) is 18.7. The Morgan fingerprint density at radius 3 is 2.57 bits per heavy atom. The van der Waals surface area contributed by atoms with Crippen molar-refractivity contribution in [1.82, 2.24) is 9.88 Å². The monoisotopic (exact) mass is 325 g/mol. The molecule has 23 heavy (non-hydrogen) atoms. The summed E-state index contributed by atoms with van der Waals surface area (Å²) in [7, 11) is 1.36. The van der Waals surface area contributed by atoms with Crippen molar-refractivity contribution in [2.45, 2.75) is 46.2 Å². The van der Waals surface area contributed by atoms with E-state index >= 15 is 0 Å². The zero-order valence-corrected chi connectivity index (χ0v) is 14.5. The van der Waals surface area contributed by atoms with Gasteiger partial charge in [0.15, 0.2) is 11.4 Å². The number of nitrogens with two attached hydrogens (primary N) is 1. The lowest BCUT2D eigenvalue weighted by atomic mass is 10.1. The molecule has 0 saturated heterocycles. The van der Waals surface area contributed by atoms with E-state index in [2.05, 4.69) is 5.32 Å². The van der Waals surface area contributed by atoms with Crippen molar-refractivity contribution in [1.29, 1.82) is 0 Å². The lowest BCUT2D eigenvalue weighted by Crippen LogP contribution is -2.32. The highest BCUT2D eigenvalue weighted by Gasteiger charge is 2.36. The Balaban J connectivity index is 0.00000127. The molecule has 2 unspecified atom stereocenters. The fourth-order valence-electron chi connectivity index (χ4n) is 2.95. The summed E-state index contributed by atoms with van der Waals surface area (Å²) in [5, 5.41) is 12.2. The third-order valence-corrected chi connectivity index (χ3v) is 3.86. The van der Waals surface area contributed by atoms with Gasteiger partial charge in [0.2, 0.25) is 5.43 Å². The van der Waals surface area contributed by atoms with Gasteiger partial charge in [0, 0.05) is 23.8 Å². The zero-order chi connectivity index (χ0) is 17.7. The second-order valence-electron chi connectivity index (χ2n) is 5.13. The molecule has 7 nitrogen and oxygen atoms in total. The molecule has 0 aliphatic carbocycles. The molecule has 0 bridgehead atoms. The smallest absolute Gasteiger partial charge is 0.271 e. The largest absolute Gasteiger partial charge is 0.491 e. The second-order valence-corrected chi connectivity index (χ2v) is 5.13. The van der Waals surface area contributed by atoms with Crippen molar-refractivity contribution in [3.8, 4) is 5.75 Å². The molecule has 130 valence electrons. The van der Waals surface area contributed by atoms with Gasteiger partial charge in [-0.1, -0.05) is 13.8 Å². The summed E-state index contributed by atoms with van der Waals surface area (Å²) in [6, 6.07) is -0.713. The van der Waals surface area contributed by atoms with E-state index in [-0.39, 0.29) is 35.6 Å². The van der Waals surface area contributed by atoms with Gasteiger partial charge in [-0.25, -0.2) is 0 Å². The minimum absolute atomic E-state index is 0.00486. The van der Waals surface area contributed by atoms with Gasteiger partial charge in [0.05, 0.1) is 19.8 Å². The highest BCUT2D eigenvalue weighted by molar-refractivity contribution is 5.95. The number of hydrogen-bond donors (Lipinski definition) is 3. The minimum atomic E-state index is -0.403. The second kappa shape index (κ2) is 8.12. The van der Waals surface area contributed by atoms with Crippen molar-refractivity contribution in [3.05, 3.63) is 27.2 Å². The molecule has 0 saturated carbocycles. The third-order valence-electron chi connectivity index (χ3n) is 3.86. The number of aromatic nitrogens is 1. The van der Waals surface area contributed by atoms with Crippen LogP contribution in [0.2, 0.25) is 0 Å². The maximum absolute atomic E-state index is 12.4. The van der Waals surface area contributed by atoms with E-state index in [1.807, 2.05) is 13.8 Å². The van der Waals surface area contributed by atoms with Crippen LogP contribution in [0.3, 0.4) is 0 Å².